The van der Waals surface area contributed by atoms with Gasteiger partial charge in [0.25, 0.3) is 0 Å². The molecule has 0 saturated carbocycles. The summed E-state index contributed by atoms with van der Waals surface area (Å²) in [5.74, 6) is -0.704. The minimum atomic E-state index is -5.00. The highest BCUT2D eigenvalue weighted by Gasteiger charge is 2.50. The van der Waals surface area contributed by atoms with Crippen LogP contribution in [0.5, 0.6) is 0 Å². The summed E-state index contributed by atoms with van der Waals surface area (Å²) in [6.45, 7) is 0.725. The quantitative estimate of drug-likeness (QED) is 0.208. The molecule has 3 aromatic carbocycles. The van der Waals surface area contributed by atoms with Crippen LogP contribution in [-0.2, 0) is 17.1 Å². The summed E-state index contributed by atoms with van der Waals surface area (Å²) < 4.78 is 80.7. The Kier molecular flexibility index (Phi) is 8.45. The van der Waals surface area contributed by atoms with Crippen LogP contribution in [0.4, 0.5) is 32.0 Å². The fourth-order valence-electron chi connectivity index (χ4n) is 6.18. The van der Waals surface area contributed by atoms with E-state index in [4.69, 9.17) is 12.2 Å². The summed E-state index contributed by atoms with van der Waals surface area (Å²) in [5, 5.41) is 8.72. The van der Waals surface area contributed by atoms with Gasteiger partial charge in [-0.25, -0.2) is 0 Å². The summed E-state index contributed by atoms with van der Waals surface area (Å²) in [6, 6.07) is 15.9. The van der Waals surface area contributed by atoms with E-state index in [9.17, 15) is 31.1 Å². The number of carbonyl (C=O) groups is 1. The van der Waals surface area contributed by atoms with Gasteiger partial charge >= 0.3 is 12.4 Å². The number of alkyl halides is 6. The van der Waals surface area contributed by atoms with E-state index in [0.29, 0.717) is 18.6 Å². The van der Waals surface area contributed by atoms with Gasteiger partial charge in [0.2, 0.25) is 5.91 Å². The van der Waals surface area contributed by atoms with Crippen LogP contribution in [0.15, 0.2) is 66.7 Å². The zero-order valence-corrected chi connectivity index (χ0v) is 24.1. The minimum Gasteiger partial charge on any atom is -0.357 e. The largest absolute Gasteiger partial charge is 0.416 e. The number of anilines is 1. The van der Waals surface area contributed by atoms with Gasteiger partial charge in [-0.1, -0.05) is 48.5 Å². The number of nitrogens with zero attached hydrogens (tertiary/aromatic N) is 1. The van der Waals surface area contributed by atoms with E-state index in [2.05, 4.69) is 16.0 Å². The molecular formula is C31H30F6N4OS. The van der Waals surface area contributed by atoms with Gasteiger partial charge in [-0.3, -0.25) is 4.79 Å². The van der Waals surface area contributed by atoms with E-state index in [1.165, 1.54) is 0 Å². The monoisotopic (exact) mass is 620 g/mol. The van der Waals surface area contributed by atoms with Crippen molar-refractivity contribution in [2.75, 3.05) is 26.0 Å². The number of halogens is 6. The first-order chi connectivity index (χ1) is 20.2. The number of benzene rings is 3. The number of hydrogen-bond donors (Lipinski definition) is 3. The number of amides is 1. The molecule has 5 nitrogen and oxygen atoms in total. The molecule has 0 radical (unpaired) electrons. The van der Waals surface area contributed by atoms with Crippen LogP contribution in [-0.4, -0.2) is 48.6 Å². The standard InChI is InChI=1S/C31H30F6N4OS/c1-41(2)13-7-12-24(42)39-27-25-20-8-3-5-10-22(20)26(23-11-6-4-9-21(23)25)28(27)40-29(43)38-19-15-17(30(32,33)34)14-18(16-19)31(35,36)37/h3-6,8-11,14-16,25-28H,7,12-13H2,1-2H3,(H,39,42)(H2,38,40,43)/t25?,26?,27-,28+/m1/s1. The van der Waals surface area contributed by atoms with Crippen LogP contribution in [0.1, 0.15) is 58.1 Å². The van der Waals surface area contributed by atoms with Gasteiger partial charge in [0, 0.05) is 23.9 Å². The molecule has 2 atom stereocenters. The number of nitrogens with one attached hydrogen (secondary N) is 3. The van der Waals surface area contributed by atoms with Crippen molar-refractivity contribution in [2.24, 2.45) is 0 Å². The van der Waals surface area contributed by atoms with Gasteiger partial charge in [0.1, 0.15) is 0 Å². The third kappa shape index (κ3) is 6.50. The molecule has 3 N–H and O–H groups in total. The first-order valence-corrected chi connectivity index (χ1v) is 14.1. The van der Waals surface area contributed by atoms with Gasteiger partial charge < -0.3 is 20.9 Å². The normalized spacial score (nSPS) is 20.8. The van der Waals surface area contributed by atoms with Crippen LogP contribution >= 0.6 is 12.2 Å². The zero-order chi connectivity index (χ0) is 31.1. The minimum absolute atomic E-state index is 0.0669. The van der Waals surface area contributed by atoms with Crippen molar-refractivity contribution >= 4 is 28.9 Å². The highest BCUT2D eigenvalue weighted by molar-refractivity contribution is 7.80. The number of rotatable bonds is 7. The predicted octanol–water partition coefficient (Wildman–Crippen LogP) is 6.50. The summed E-state index contributed by atoms with van der Waals surface area (Å²) in [4.78, 5) is 15.1. The van der Waals surface area contributed by atoms with E-state index in [0.717, 1.165) is 28.8 Å². The Bertz CT molecular complexity index is 1440. The van der Waals surface area contributed by atoms with Crippen LogP contribution in [0.2, 0.25) is 0 Å². The molecular weight excluding hydrogens is 590 g/mol. The molecule has 2 bridgehead atoms. The van der Waals surface area contributed by atoms with E-state index < -0.39 is 41.3 Å². The van der Waals surface area contributed by atoms with E-state index in [-0.39, 0.29) is 35.3 Å². The average molecular weight is 621 g/mol. The topological polar surface area (TPSA) is 56.4 Å². The van der Waals surface area contributed by atoms with Gasteiger partial charge in [-0.2, -0.15) is 26.3 Å². The molecule has 3 aliphatic rings. The molecule has 0 spiro atoms. The molecule has 0 saturated heterocycles. The summed E-state index contributed by atoms with van der Waals surface area (Å²) in [6.07, 6.45) is -9.06. The molecule has 3 aliphatic carbocycles. The Labute approximate surface area is 250 Å². The molecule has 0 heterocycles. The lowest BCUT2D eigenvalue weighted by molar-refractivity contribution is -0.143. The van der Waals surface area contributed by atoms with Crippen molar-refractivity contribution < 1.29 is 31.1 Å². The maximum absolute atomic E-state index is 13.4. The number of hydrogen-bond acceptors (Lipinski definition) is 3. The van der Waals surface area contributed by atoms with Crippen LogP contribution in [0.25, 0.3) is 0 Å². The van der Waals surface area contributed by atoms with Crippen molar-refractivity contribution in [3.8, 4) is 0 Å². The van der Waals surface area contributed by atoms with Crippen LogP contribution in [0, 0.1) is 0 Å². The molecule has 12 heteroatoms. The summed E-state index contributed by atoms with van der Waals surface area (Å²) >= 11 is 5.47. The molecule has 0 unspecified atom stereocenters. The fourth-order valence-corrected chi connectivity index (χ4v) is 6.44. The maximum Gasteiger partial charge on any atom is 0.416 e. The lowest BCUT2D eigenvalue weighted by Crippen LogP contribution is -2.62. The summed E-state index contributed by atoms with van der Waals surface area (Å²) in [5.41, 5.74) is 0.783. The zero-order valence-electron chi connectivity index (χ0n) is 23.3. The van der Waals surface area contributed by atoms with Crippen LogP contribution in [0.3, 0.4) is 0 Å². The first kappa shape index (κ1) is 30.8. The molecule has 6 rings (SSSR count). The van der Waals surface area contributed by atoms with Crippen molar-refractivity contribution in [3.63, 3.8) is 0 Å². The Morgan fingerprint density at radius 1 is 0.767 bits per heavy atom. The smallest absolute Gasteiger partial charge is 0.357 e. The molecule has 0 aromatic heterocycles. The van der Waals surface area contributed by atoms with E-state index >= 15 is 0 Å². The lowest BCUT2D eigenvalue weighted by Gasteiger charge is -2.51. The number of fused-ring (bicyclic) bond motifs is 1. The average Bonchev–Trinajstić information content (AvgIpc) is 2.92. The second-order valence-corrected chi connectivity index (χ2v) is 11.5. The summed E-state index contributed by atoms with van der Waals surface area (Å²) in [7, 11) is 3.84. The van der Waals surface area contributed by atoms with Crippen molar-refractivity contribution in [3.05, 3.63) is 100 Å². The van der Waals surface area contributed by atoms with Crippen molar-refractivity contribution in [2.45, 2.75) is 49.1 Å². The molecule has 1 amide bonds. The highest BCUT2D eigenvalue weighted by Crippen LogP contribution is 2.52. The number of carbonyl (C=O) groups excluding carboxylic acids is 1. The second-order valence-electron chi connectivity index (χ2n) is 11.1. The third-order valence-corrected chi connectivity index (χ3v) is 8.14. The second kappa shape index (κ2) is 11.8. The van der Waals surface area contributed by atoms with Gasteiger partial charge in [-0.05, 0) is 79.7 Å². The molecule has 0 aliphatic heterocycles. The van der Waals surface area contributed by atoms with E-state index in [1.54, 1.807) is 0 Å². The maximum atomic E-state index is 13.4. The molecule has 3 aromatic rings. The van der Waals surface area contributed by atoms with Gasteiger partial charge in [0.05, 0.1) is 23.2 Å². The van der Waals surface area contributed by atoms with E-state index in [1.807, 2.05) is 67.5 Å². The Hall–Kier alpha value is -3.64. The SMILES string of the molecule is CN(C)CCCC(=O)N[C@@H]1C2c3ccccc3C(c3ccccc32)[C@@H]1NC(=S)Nc1cc(C(F)(F)F)cc(C(F)(F)F)c1. The third-order valence-electron chi connectivity index (χ3n) is 7.92. The lowest BCUT2D eigenvalue weighted by atomic mass is 9.59. The molecule has 43 heavy (non-hydrogen) atoms. The van der Waals surface area contributed by atoms with Gasteiger partial charge in [-0.15, -0.1) is 0 Å². The molecule has 228 valence electrons. The Morgan fingerprint density at radius 3 is 1.63 bits per heavy atom. The van der Waals surface area contributed by atoms with Crippen molar-refractivity contribution in [1.82, 2.24) is 15.5 Å². The highest BCUT2D eigenvalue weighted by atomic mass is 32.1. The first-order valence-electron chi connectivity index (χ1n) is 13.7. The Morgan fingerprint density at radius 2 is 1.21 bits per heavy atom. The number of thiocarbonyl (C=S) groups is 1. The van der Waals surface area contributed by atoms with Crippen LogP contribution < -0.4 is 16.0 Å². The predicted molar refractivity (Wildman–Crippen MR) is 156 cm³/mol. The van der Waals surface area contributed by atoms with Crippen molar-refractivity contribution in [1.29, 1.82) is 0 Å². The fraction of sp³-hybridized carbons (Fsp3) is 0.355. The van der Waals surface area contributed by atoms with Gasteiger partial charge in [0.15, 0.2) is 5.11 Å². The Balaban J connectivity index is 1.48. The molecule has 0 fully saturated rings.